The number of benzene rings is 1. The number of rotatable bonds is 6. The lowest BCUT2D eigenvalue weighted by atomic mass is 10.1. The molecule has 0 spiro atoms. The third-order valence-corrected chi connectivity index (χ3v) is 7.60. The van der Waals surface area contributed by atoms with E-state index in [4.69, 9.17) is 9.47 Å². The Labute approximate surface area is 184 Å². The Morgan fingerprint density at radius 2 is 2.00 bits per heavy atom. The molecule has 1 fully saturated rings. The predicted octanol–water partition coefficient (Wildman–Crippen LogP) is 2.31. The SMILES string of the molecule is CCCOC(=O)Oc1c[nH]c2c(=O)[nH]c3ccc(S(=O)(=O)N(C)C4CCNCC4)cc3c12. The standard InChI is InChI=1S/C21H26N4O6S/c1-3-10-30-21(27)31-17-12-23-19-18(17)15-11-14(4-5-16(15)24-20(19)26)32(28,29)25(2)13-6-8-22-9-7-13/h4-5,11-13,22-23H,3,6-10H2,1-2H3,(H,24,26). The van der Waals surface area contributed by atoms with Gasteiger partial charge in [0, 0.05) is 30.2 Å². The van der Waals surface area contributed by atoms with Crippen LogP contribution < -0.4 is 15.6 Å². The fourth-order valence-corrected chi connectivity index (χ4v) is 5.40. The van der Waals surface area contributed by atoms with Crippen molar-refractivity contribution >= 4 is 38.0 Å². The number of H-pyrrole nitrogens is 2. The molecule has 1 saturated heterocycles. The molecule has 1 aliphatic rings. The number of hydrogen-bond acceptors (Lipinski definition) is 7. The van der Waals surface area contributed by atoms with Gasteiger partial charge in [-0.3, -0.25) is 4.79 Å². The number of carbonyl (C=O) groups is 1. The van der Waals surface area contributed by atoms with Crippen LogP contribution in [0, 0.1) is 0 Å². The Hall–Kier alpha value is -2.89. The number of nitrogens with one attached hydrogen (secondary N) is 3. The van der Waals surface area contributed by atoms with E-state index in [1.54, 1.807) is 13.1 Å². The minimum atomic E-state index is -3.77. The smallest absolute Gasteiger partial charge is 0.434 e. The molecule has 4 rings (SSSR count). The molecule has 11 heteroatoms. The highest BCUT2D eigenvalue weighted by Gasteiger charge is 2.29. The second kappa shape index (κ2) is 8.93. The van der Waals surface area contributed by atoms with Gasteiger partial charge in [-0.05, 0) is 50.6 Å². The minimum Gasteiger partial charge on any atom is -0.434 e. The first kappa shape index (κ1) is 22.3. The van der Waals surface area contributed by atoms with Crippen molar-refractivity contribution in [2.24, 2.45) is 0 Å². The van der Waals surface area contributed by atoms with E-state index in [-0.39, 0.29) is 28.8 Å². The number of pyridine rings is 1. The Morgan fingerprint density at radius 3 is 2.72 bits per heavy atom. The van der Waals surface area contributed by atoms with Crippen molar-refractivity contribution in [2.45, 2.75) is 37.1 Å². The van der Waals surface area contributed by atoms with Gasteiger partial charge in [0.1, 0.15) is 5.52 Å². The summed E-state index contributed by atoms with van der Waals surface area (Å²) in [7, 11) is -2.18. The monoisotopic (exact) mass is 462 g/mol. The van der Waals surface area contributed by atoms with Gasteiger partial charge in [0.2, 0.25) is 10.0 Å². The van der Waals surface area contributed by atoms with Crippen molar-refractivity contribution in [3.63, 3.8) is 0 Å². The molecule has 0 amide bonds. The summed E-state index contributed by atoms with van der Waals surface area (Å²) in [5, 5.41) is 3.99. The molecule has 172 valence electrons. The van der Waals surface area contributed by atoms with E-state index in [1.807, 2.05) is 6.92 Å². The van der Waals surface area contributed by atoms with E-state index in [1.165, 1.54) is 22.6 Å². The summed E-state index contributed by atoms with van der Waals surface area (Å²) in [6, 6.07) is 4.43. The van der Waals surface area contributed by atoms with Crippen molar-refractivity contribution < 1.29 is 22.7 Å². The topological polar surface area (TPSA) is 134 Å². The van der Waals surface area contributed by atoms with Gasteiger partial charge in [-0.15, -0.1) is 0 Å². The molecule has 1 aromatic carbocycles. The first-order valence-corrected chi connectivity index (χ1v) is 12.0. The molecule has 3 aromatic rings. The van der Waals surface area contributed by atoms with E-state index in [2.05, 4.69) is 15.3 Å². The number of sulfonamides is 1. The van der Waals surface area contributed by atoms with Crippen molar-refractivity contribution in [1.29, 1.82) is 0 Å². The molecule has 0 unspecified atom stereocenters. The lowest BCUT2D eigenvalue weighted by Gasteiger charge is -2.30. The third kappa shape index (κ3) is 4.10. The summed E-state index contributed by atoms with van der Waals surface area (Å²) in [4.78, 5) is 30.1. The highest BCUT2D eigenvalue weighted by molar-refractivity contribution is 7.89. The summed E-state index contributed by atoms with van der Waals surface area (Å²) in [5.41, 5.74) is 0.195. The molecule has 0 aliphatic carbocycles. The summed E-state index contributed by atoms with van der Waals surface area (Å²) in [5.74, 6) is 0.0958. The van der Waals surface area contributed by atoms with Gasteiger partial charge in [0.25, 0.3) is 5.56 Å². The molecule has 0 saturated carbocycles. The summed E-state index contributed by atoms with van der Waals surface area (Å²) in [6.45, 7) is 3.59. The maximum Gasteiger partial charge on any atom is 0.513 e. The molecule has 0 bridgehead atoms. The van der Waals surface area contributed by atoms with Gasteiger partial charge in [-0.25, -0.2) is 13.2 Å². The molecule has 2 aromatic heterocycles. The minimum absolute atomic E-state index is 0.0907. The highest BCUT2D eigenvalue weighted by atomic mass is 32.2. The number of aromatic nitrogens is 2. The molecular weight excluding hydrogens is 436 g/mol. The normalized spacial score (nSPS) is 15.5. The third-order valence-electron chi connectivity index (χ3n) is 5.70. The fourth-order valence-electron chi connectivity index (χ4n) is 3.95. The maximum atomic E-state index is 13.3. The van der Waals surface area contributed by atoms with E-state index in [9.17, 15) is 18.0 Å². The van der Waals surface area contributed by atoms with E-state index >= 15 is 0 Å². The zero-order valence-electron chi connectivity index (χ0n) is 17.9. The van der Waals surface area contributed by atoms with E-state index in [0.717, 1.165) is 25.9 Å². The largest absolute Gasteiger partial charge is 0.513 e. The van der Waals surface area contributed by atoms with E-state index in [0.29, 0.717) is 22.7 Å². The van der Waals surface area contributed by atoms with Crippen LogP contribution in [0.3, 0.4) is 0 Å². The van der Waals surface area contributed by atoms with Gasteiger partial charge in [0.15, 0.2) is 5.75 Å². The number of fused-ring (bicyclic) bond motifs is 3. The molecule has 0 radical (unpaired) electrons. The van der Waals surface area contributed by atoms with Crippen LogP contribution in [0.1, 0.15) is 26.2 Å². The van der Waals surface area contributed by atoms with Crippen molar-refractivity contribution in [3.8, 4) is 5.75 Å². The molecule has 3 N–H and O–H groups in total. The second-order valence-corrected chi connectivity index (χ2v) is 9.76. The lowest BCUT2D eigenvalue weighted by Crippen LogP contribution is -2.43. The molecular formula is C21H26N4O6S. The summed E-state index contributed by atoms with van der Waals surface area (Å²) in [6.07, 6.45) is 2.59. The number of piperidine rings is 1. The molecule has 32 heavy (non-hydrogen) atoms. The van der Waals surface area contributed by atoms with Crippen LogP contribution in [-0.2, 0) is 14.8 Å². The number of carbonyl (C=O) groups excluding carboxylic acids is 1. The molecule has 10 nitrogen and oxygen atoms in total. The van der Waals surface area contributed by atoms with Crippen LogP contribution in [0.25, 0.3) is 21.8 Å². The highest BCUT2D eigenvalue weighted by Crippen LogP contribution is 2.32. The van der Waals surface area contributed by atoms with Gasteiger partial charge in [0.05, 0.1) is 16.9 Å². The van der Waals surface area contributed by atoms with Gasteiger partial charge in [-0.2, -0.15) is 4.31 Å². The predicted molar refractivity (Wildman–Crippen MR) is 120 cm³/mol. The van der Waals surface area contributed by atoms with Gasteiger partial charge < -0.3 is 24.8 Å². The zero-order valence-corrected chi connectivity index (χ0v) is 18.8. The Balaban J connectivity index is 1.79. The van der Waals surface area contributed by atoms with Crippen LogP contribution >= 0.6 is 0 Å². The van der Waals surface area contributed by atoms with Gasteiger partial charge in [-0.1, -0.05) is 6.92 Å². The van der Waals surface area contributed by atoms with Crippen molar-refractivity contribution in [1.82, 2.24) is 19.6 Å². The zero-order chi connectivity index (χ0) is 22.9. The number of nitrogens with zero attached hydrogens (tertiary/aromatic N) is 1. The van der Waals surface area contributed by atoms with Crippen LogP contribution in [0.15, 0.2) is 34.1 Å². The van der Waals surface area contributed by atoms with Crippen LogP contribution in [0.4, 0.5) is 4.79 Å². The average molecular weight is 463 g/mol. The quantitative estimate of drug-likeness (QED) is 0.479. The Morgan fingerprint density at radius 1 is 1.25 bits per heavy atom. The van der Waals surface area contributed by atoms with Crippen LogP contribution in [0.5, 0.6) is 5.75 Å². The lowest BCUT2D eigenvalue weighted by molar-refractivity contribution is 0.0997. The number of hydrogen-bond donors (Lipinski definition) is 3. The van der Waals surface area contributed by atoms with Crippen molar-refractivity contribution in [2.75, 3.05) is 26.7 Å². The number of ether oxygens (including phenoxy) is 2. The molecule has 3 heterocycles. The summed E-state index contributed by atoms with van der Waals surface area (Å²) < 4.78 is 38.3. The Kier molecular flexibility index (Phi) is 6.22. The van der Waals surface area contributed by atoms with Crippen molar-refractivity contribution in [3.05, 3.63) is 34.7 Å². The average Bonchev–Trinajstić information content (AvgIpc) is 3.22. The van der Waals surface area contributed by atoms with E-state index < -0.39 is 21.7 Å². The first-order chi connectivity index (χ1) is 15.3. The summed E-state index contributed by atoms with van der Waals surface area (Å²) >= 11 is 0. The molecule has 1 aliphatic heterocycles. The molecule has 0 atom stereocenters. The van der Waals surface area contributed by atoms with Crippen LogP contribution in [-0.4, -0.2) is 61.6 Å². The Bertz CT molecular complexity index is 1310. The second-order valence-electron chi connectivity index (χ2n) is 7.77. The van der Waals surface area contributed by atoms with Gasteiger partial charge >= 0.3 is 6.16 Å². The maximum absolute atomic E-state index is 13.3. The van der Waals surface area contributed by atoms with Crippen LogP contribution in [0.2, 0.25) is 0 Å². The first-order valence-electron chi connectivity index (χ1n) is 10.5. The fraction of sp³-hybridized carbons (Fsp3) is 0.429. The number of aromatic amines is 2.